The van der Waals surface area contributed by atoms with Crippen LogP contribution in [0.1, 0.15) is 37.8 Å². The topological polar surface area (TPSA) is 89.3 Å². The first kappa shape index (κ1) is 16.9. The minimum Gasteiger partial charge on any atom is -0.349 e. The lowest BCUT2D eigenvalue weighted by molar-refractivity contribution is -0.125. The standard InChI is InChI=1S/C15H21FN2O3S/c1-9(18-15(19)11-3-5-12(17)7-11)10-4-6-14(13(16)8-10)22(2,20)21/h4,6,8-9,11-12H,3,5,7,17H2,1-2H3,(H,18,19). The largest absolute Gasteiger partial charge is 0.349 e. The quantitative estimate of drug-likeness (QED) is 0.877. The van der Waals surface area contributed by atoms with E-state index in [0.29, 0.717) is 12.0 Å². The summed E-state index contributed by atoms with van der Waals surface area (Å²) in [6.45, 7) is 1.74. The van der Waals surface area contributed by atoms with Crippen LogP contribution in [0.15, 0.2) is 23.1 Å². The summed E-state index contributed by atoms with van der Waals surface area (Å²) in [5, 5.41) is 2.83. The van der Waals surface area contributed by atoms with Gasteiger partial charge in [-0.1, -0.05) is 6.07 Å². The molecule has 0 aromatic heterocycles. The van der Waals surface area contributed by atoms with Crippen LogP contribution in [0.2, 0.25) is 0 Å². The Morgan fingerprint density at radius 3 is 2.59 bits per heavy atom. The lowest BCUT2D eigenvalue weighted by Crippen LogP contribution is -2.32. The summed E-state index contributed by atoms with van der Waals surface area (Å²) in [4.78, 5) is 11.8. The van der Waals surface area contributed by atoms with Crippen LogP contribution in [0.25, 0.3) is 0 Å². The monoisotopic (exact) mass is 328 g/mol. The number of halogens is 1. The maximum absolute atomic E-state index is 13.9. The van der Waals surface area contributed by atoms with Gasteiger partial charge in [-0.2, -0.15) is 0 Å². The number of hydrogen-bond acceptors (Lipinski definition) is 4. The Hall–Kier alpha value is -1.47. The van der Waals surface area contributed by atoms with Crippen molar-refractivity contribution in [3.63, 3.8) is 0 Å². The fraction of sp³-hybridized carbons (Fsp3) is 0.533. The first-order valence-corrected chi connectivity index (χ1v) is 9.13. The van der Waals surface area contributed by atoms with Gasteiger partial charge in [0.15, 0.2) is 9.84 Å². The summed E-state index contributed by atoms with van der Waals surface area (Å²) >= 11 is 0. The molecule has 0 saturated heterocycles. The van der Waals surface area contributed by atoms with Crippen molar-refractivity contribution in [2.45, 2.75) is 43.2 Å². The van der Waals surface area contributed by atoms with E-state index < -0.39 is 21.7 Å². The number of nitrogens with two attached hydrogens (primary N) is 1. The number of hydrogen-bond donors (Lipinski definition) is 2. The molecule has 1 amide bonds. The predicted octanol–water partition coefficient (Wildman–Crippen LogP) is 1.53. The van der Waals surface area contributed by atoms with E-state index in [9.17, 15) is 17.6 Å². The van der Waals surface area contributed by atoms with Crippen LogP contribution in [-0.4, -0.2) is 26.6 Å². The van der Waals surface area contributed by atoms with Crippen LogP contribution in [0.3, 0.4) is 0 Å². The molecule has 3 N–H and O–H groups in total. The Kier molecular flexibility index (Phi) is 4.87. The molecule has 5 nitrogen and oxygen atoms in total. The van der Waals surface area contributed by atoms with Gasteiger partial charge in [-0.05, 0) is 43.9 Å². The molecule has 1 aliphatic rings. The molecule has 0 bridgehead atoms. The van der Waals surface area contributed by atoms with Crippen molar-refractivity contribution in [3.8, 4) is 0 Å². The molecule has 3 atom stereocenters. The van der Waals surface area contributed by atoms with E-state index in [1.165, 1.54) is 12.1 Å². The van der Waals surface area contributed by atoms with Crippen LogP contribution in [0.4, 0.5) is 4.39 Å². The Morgan fingerprint density at radius 2 is 2.09 bits per heavy atom. The highest BCUT2D eigenvalue weighted by atomic mass is 32.2. The van der Waals surface area contributed by atoms with Gasteiger partial charge in [-0.15, -0.1) is 0 Å². The second-order valence-electron chi connectivity index (χ2n) is 5.96. The van der Waals surface area contributed by atoms with Gasteiger partial charge in [0.05, 0.1) is 6.04 Å². The molecule has 1 aromatic carbocycles. The lowest BCUT2D eigenvalue weighted by Gasteiger charge is -2.18. The second-order valence-corrected chi connectivity index (χ2v) is 7.95. The first-order valence-electron chi connectivity index (χ1n) is 7.24. The molecule has 3 unspecified atom stereocenters. The molecule has 22 heavy (non-hydrogen) atoms. The Morgan fingerprint density at radius 1 is 1.41 bits per heavy atom. The summed E-state index contributed by atoms with van der Waals surface area (Å²) in [6.07, 6.45) is 3.23. The number of sulfone groups is 1. The average Bonchev–Trinajstić information content (AvgIpc) is 2.83. The maximum Gasteiger partial charge on any atom is 0.223 e. The van der Waals surface area contributed by atoms with Crippen LogP contribution >= 0.6 is 0 Å². The minimum atomic E-state index is -3.59. The van der Waals surface area contributed by atoms with Gasteiger partial charge in [-0.3, -0.25) is 4.79 Å². The summed E-state index contributed by atoms with van der Waals surface area (Å²) in [5.41, 5.74) is 6.32. The van der Waals surface area contributed by atoms with E-state index in [1.54, 1.807) is 6.92 Å². The number of benzene rings is 1. The summed E-state index contributed by atoms with van der Waals surface area (Å²) in [5.74, 6) is -0.991. The minimum absolute atomic E-state index is 0.0672. The number of rotatable bonds is 4. The third kappa shape index (κ3) is 3.84. The number of nitrogens with one attached hydrogen (secondary N) is 1. The molecule has 7 heteroatoms. The number of carbonyl (C=O) groups is 1. The van der Waals surface area contributed by atoms with Crippen molar-refractivity contribution in [2.24, 2.45) is 11.7 Å². The van der Waals surface area contributed by atoms with Gasteiger partial charge < -0.3 is 11.1 Å². The van der Waals surface area contributed by atoms with Gasteiger partial charge in [0.1, 0.15) is 10.7 Å². The SMILES string of the molecule is CC(NC(=O)C1CCC(N)C1)c1ccc(S(C)(=O)=O)c(F)c1. The summed E-state index contributed by atoms with van der Waals surface area (Å²) in [6, 6.07) is 3.57. The predicted molar refractivity (Wildman–Crippen MR) is 81.4 cm³/mol. The molecule has 1 saturated carbocycles. The van der Waals surface area contributed by atoms with E-state index in [4.69, 9.17) is 5.73 Å². The normalized spacial score (nSPS) is 23.3. The molecule has 122 valence electrons. The van der Waals surface area contributed by atoms with Gasteiger partial charge in [0, 0.05) is 18.2 Å². The molecular formula is C15H21FN2O3S. The van der Waals surface area contributed by atoms with Gasteiger partial charge in [-0.25, -0.2) is 12.8 Å². The molecule has 0 heterocycles. The van der Waals surface area contributed by atoms with Crippen LogP contribution in [0, 0.1) is 11.7 Å². The lowest BCUT2D eigenvalue weighted by atomic mass is 10.0. The second kappa shape index (κ2) is 6.34. The highest BCUT2D eigenvalue weighted by Crippen LogP contribution is 2.26. The molecular weight excluding hydrogens is 307 g/mol. The van der Waals surface area contributed by atoms with Crippen LogP contribution in [-0.2, 0) is 14.6 Å². The number of carbonyl (C=O) groups excluding carboxylic acids is 1. The summed E-state index contributed by atoms with van der Waals surface area (Å²) in [7, 11) is -3.59. The molecule has 0 spiro atoms. The van der Waals surface area contributed by atoms with Crippen molar-refractivity contribution in [3.05, 3.63) is 29.6 Å². The smallest absolute Gasteiger partial charge is 0.223 e. The van der Waals surface area contributed by atoms with Crippen LogP contribution in [0.5, 0.6) is 0 Å². The zero-order chi connectivity index (χ0) is 16.5. The highest BCUT2D eigenvalue weighted by Gasteiger charge is 2.28. The molecule has 0 aliphatic heterocycles. The van der Waals surface area contributed by atoms with Crippen molar-refractivity contribution in [1.29, 1.82) is 0 Å². The average molecular weight is 328 g/mol. The highest BCUT2D eigenvalue weighted by molar-refractivity contribution is 7.90. The molecule has 1 fully saturated rings. The van der Waals surface area contributed by atoms with E-state index in [0.717, 1.165) is 25.2 Å². The van der Waals surface area contributed by atoms with Gasteiger partial charge in [0.25, 0.3) is 0 Å². The number of amides is 1. The van der Waals surface area contributed by atoms with E-state index in [2.05, 4.69) is 5.32 Å². The van der Waals surface area contributed by atoms with Crippen molar-refractivity contribution in [2.75, 3.05) is 6.26 Å². The third-order valence-corrected chi connectivity index (χ3v) is 5.19. The molecule has 2 rings (SSSR count). The first-order chi connectivity index (χ1) is 10.2. The van der Waals surface area contributed by atoms with Crippen LogP contribution < -0.4 is 11.1 Å². The van der Waals surface area contributed by atoms with E-state index in [-0.39, 0.29) is 22.8 Å². The van der Waals surface area contributed by atoms with Crippen molar-refractivity contribution >= 4 is 15.7 Å². The molecule has 1 aliphatic carbocycles. The van der Waals surface area contributed by atoms with Gasteiger partial charge in [0.2, 0.25) is 5.91 Å². The van der Waals surface area contributed by atoms with Crippen molar-refractivity contribution in [1.82, 2.24) is 5.32 Å². The zero-order valence-electron chi connectivity index (χ0n) is 12.7. The zero-order valence-corrected chi connectivity index (χ0v) is 13.5. The fourth-order valence-electron chi connectivity index (χ4n) is 2.76. The molecule has 1 aromatic rings. The van der Waals surface area contributed by atoms with E-state index in [1.807, 2.05) is 0 Å². The Labute approximate surface area is 130 Å². The Balaban J connectivity index is 2.08. The summed E-state index contributed by atoms with van der Waals surface area (Å²) < 4.78 is 36.7. The Bertz CT molecular complexity index is 675. The third-order valence-electron chi connectivity index (χ3n) is 4.06. The van der Waals surface area contributed by atoms with Crippen molar-refractivity contribution < 1.29 is 17.6 Å². The van der Waals surface area contributed by atoms with Gasteiger partial charge >= 0.3 is 0 Å². The maximum atomic E-state index is 13.9. The fourth-order valence-corrected chi connectivity index (χ4v) is 3.48. The molecule has 0 radical (unpaired) electrons. The van der Waals surface area contributed by atoms with E-state index >= 15 is 0 Å².